The van der Waals surface area contributed by atoms with E-state index >= 15 is 0 Å². The van der Waals surface area contributed by atoms with Gasteiger partial charge in [-0.2, -0.15) is 0 Å². The fourth-order valence-corrected chi connectivity index (χ4v) is 5.59. The molecule has 10 nitrogen and oxygen atoms in total. The van der Waals surface area contributed by atoms with E-state index in [9.17, 15) is 24.6 Å². The van der Waals surface area contributed by atoms with Crippen molar-refractivity contribution < 1.29 is 38.8 Å². The van der Waals surface area contributed by atoms with Crippen molar-refractivity contribution in [2.75, 3.05) is 19.1 Å². The SMILES string of the molecule is COC(=O)c1sc(N2C(=O)C(=O)/C(=C(/O)c3ccc(OCc4ccccc4)cc3)C2c2ccc(O)c(OC)c2)nc1C. The lowest BCUT2D eigenvalue weighted by molar-refractivity contribution is -0.132. The Hall–Kier alpha value is -5.16. The number of aliphatic hydroxyl groups is 1. The number of rotatable bonds is 8. The van der Waals surface area contributed by atoms with Crippen LogP contribution in [0.15, 0.2) is 78.4 Å². The molecule has 1 saturated heterocycles. The number of esters is 1. The zero-order chi connectivity index (χ0) is 30.0. The molecule has 1 aliphatic rings. The first kappa shape index (κ1) is 28.4. The van der Waals surface area contributed by atoms with Crippen LogP contribution in [0.5, 0.6) is 17.2 Å². The molecule has 2 heterocycles. The number of thiazole rings is 1. The van der Waals surface area contributed by atoms with E-state index in [-0.39, 0.29) is 32.6 Å². The number of hydrogen-bond acceptors (Lipinski definition) is 10. The van der Waals surface area contributed by atoms with Gasteiger partial charge in [-0.25, -0.2) is 9.78 Å². The Morgan fingerprint density at radius 1 is 1.02 bits per heavy atom. The molecule has 1 amide bonds. The third-order valence-corrected chi connectivity index (χ3v) is 7.84. The van der Waals surface area contributed by atoms with Gasteiger partial charge in [0.05, 0.1) is 31.5 Å². The molecule has 1 aliphatic heterocycles. The number of hydrogen-bond donors (Lipinski definition) is 2. The standard InChI is InChI=1S/C31H26N2O8S/c1-17-28(30(38)40-3)42-31(32-17)33-25(20-11-14-22(34)23(15-20)39-2)24(27(36)29(33)37)26(35)19-9-12-21(13-10-19)41-16-18-7-5-4-6-8-18/h4-15,25,34-35H,16H2,1-3H3/b26-24+. The molecule has 0 radical (unpaired) electrons. The molecule has 0 saturated carbocycles. The largest absolute Gasteiger partial charge is 0.507 e. The van der Waals surface area contributed by atoms with E-state index in [0.717, 1.165) is 21.8 Å². The van der Waals surface area contributed by atoms with E-state index in [0.29, 0.717) is 23.6 Å². The lowest BCUT2D eigenvalue weighted by atomic mass is 9.95. The van der Waals surface area contributed by atoms with Gasteiger partial charge in [0.1, 0.15) is 23.0 Å². The second-order valence-electron chi connectivity index (χ2n) is 9.30. The van der Waals surface area contributed by atoms with Crippen molar-refractivity contribution in [3.05, 3.63) is 106 Å². The number of ether oxygens (including phenoxy) is 3. The van der Waals surface area contributed by atoms with Crippen LogP contribution in [0.1, 0.15) is 38.1 Å². The topological polar surface area (TPSA) is 135 Å². The minimum absolute atomic E-state index is 0.0655. The minimum Gasteiger partial charge on any atom is -0.507 e. The highest BCUT2D eigenvalue weighted by Gasteiger charge is 2.48. The summed E-state index contributed by atoms with van der Waals surface area (Å²) in [4.78, 5) is 44.9. The molecule has 1 atom stereocenters. The molecule has 5 rings (SSSR count). The Morgan fingerprint density at radius 3 is 2.40 bits per heavy atom. The maximum absolute atomic E-state index is 13.5. The Kier molecular flexibility index (Phi) is 7.94. The summed E-state index contributed by atoms with van der Waals surface area (Å²) in [6, 6.07) is 19.3. The normalized spacial score (nSPS) is 16.0. The molecule has 11 heteroatoms. The summed E-state index contributed by atoms with van der Waals surface area (Å²) in [6.45, 7) is 1.93. The van der Waals surface area contributed by atoms with Gasteiger partial charge in [0.15, 0.2) is 16.6 Å². The summed E-state index contributed by atoms with van der Waals surface area (Å²) in [7, 11) is 2.60. The molecule has 1 aromatic heterocycles. The van der Waals surface area contributed by atoms with Gasteiger partial charge in [-0.15, -0.1) is 0 Å². The summed E-state index contributed by atoms with van der Waals surface area (Å²) < 4.78 is 15.9. The van der Waals surface area contributed by atoms with Crippen LogP contribution in [-0.2, 0) is 20.9 Å². The Morgan fingerprint density at radius 2 is 1.74 bits per heavy atom. The van der Waals surface area contributed by atoms with Crippen molar-refractivity contribution in [1.82, 2.24) is 4.98 Å². The predicted molar refractivity (Wildman–Crippen MR) is 155 cm³/mol. The van der Waals surface area contributed by atoms with Crippen molar-refractivity contribution >= 4 is 39.9 Å². The van der Waals surface area contributed by atoms with Crippen LogP contribution in [0.3, 0.4) is 0 Å². The number of aromatic hydroxyl groups is 1. The van der Waals surface area contributed by atoms with E-state index in [1.54, 1.807) is 31.2 Å². The Labute approximate surface area is 245 Å². The van der Waals surface area contributed by atoms with Gasteiger partial charge in [-0.05, 0) is 54.4 Å². The number of ketones is 1. The number of aromatic nitrogens is 1. The number of benzene rings is 3. The molecule has 4 aromatic rings. The van der Waals surface area contributed by atoms with E-state index < -0.39 is 29.5 Å². The van der Waals surface area contributed by atoms with Crippen LogP contribution in [0.2, 0.25) is 0 Å². The first-order valence-electron chi connectivity index (χ1n) is 12.7. The molecule has 0 spiro atoms. The maximum atomic E-state index is 13.5. The molecule has 0 bridgehead atoms. The summed E-state index contributed by atoms with van der Waals surface area (Å²) in [6.07, 6.45) is 0. The minimum atomic E-state index is -1.15. The van der Waals surface area contributed by atoms with Crippen molar-refractivity contribution in [2.24, 2.45) is 0 Å². The van der Waals surface area contributed by atoms with Crippen molar-refractivity contribution in [3.63, 3.8) is 0 Å². The third kappa shape index (κ3) is 5.29. The number of Topliss-reactive ketones (excluding diaryl/α,β-unsaturated/α-hetero) is 1. The Bertz CT molecular complexity index is 1700. The average Bonchev–Trinajstić information content (AvgIpc) is 3.52. The second-order valence-corrected chi connectivity index (χ2v) is 10.3. The van der Waals surface area contributed by atoms with Crippen LogP contribution in [0.25, 0.3) is 5.76 Å². The highest BCUT2D eigenvalue weighted by atomic mass is 32.1. The maximum Gasteiger partial charge on any atom is 0.350 e. The number of carbonyl (C=O) groups is 3. The first-order chi connectivity index (χ1) is 20.2. The number of amides is 1. The number of aryl methyl sites for hydroxylation is 1. The van der Waals surface area contributed by atoms with Gasteiger partial charge < -0.3 is 24.4 Å². The number of phenols is 1. The molecule has 1 unspecified atom stereocenters. The molecule has 3 aromatic carbocycles. The summed E-state index contributed by atoms with van der Waals surface area (Å²) in [5.74, 6) is -2.44. The summed E-state index contributed by atoms with van der Waals surface area (Å²) in [5, 5.41) is 21.7. The molecule has 214 valence electrons. The smallest absolute Gasteiger partial charge is 0.350 e. The van der Waals surface area contributed by atoms with Gasteiger partial charge in [0, 0.05) is 5.56 Å². The van der Waals surface area contributed by atoms with Crippen LogP contribution >= 0.6 is 11.3 Å². The van der Waals surface area contributed by atoms with Crippen LogP contribution in [0, 0.1) is 6.92 Å². The van der Waals surface area contributed by atoms with Crippen LogP contribution in [-0.4, -0.2) is 47.1 Å². The zero-order valence-corrected chi connectivity index (χ0v) is 23.7. The monoisotopic (exact) mass is 586 g/mol. The quantitative estimate of drug-likeness (QED) is 0.124. The van der Waals surface area contributed by atoms with Gasteiger partial charge in [0.2, 0.25) is 0 Å². The highest BCUT2D eigenvalue weighted by molar-refractivity contribution is 7.17. The number of phenolic OH excluding ortho intramolecular Hbond substituents is 1. The molecular formula is C31H26N2O8S. The van der Waals surface area contributed by atoms with Crippen LogP contribution in [0.4, 0.5) is 5.13 Å². The number of nitrogens with zero attached hydrogens (tertiary/aromatic N) is 2. The second kappa shape index (κ2) is 11.8. The van der Waals surface area contributed by atoms with Crippen molar-refractivity contribution in [1.29, 1.82) is 0 Å². The Balaban J connectivity index is 1.57. The fraction of sp³-hybridized carbons (Fsp3) is 0.161. The van der Waals surface area contributed by atoms with Gasteiger partial charge in [-0.1, -0.05) is 47.7 Å². The fourth-order valence-electron chi connectivity index (χ4n) is 4.58. The highest BCUT2D eigenvalue weighted by Crippen LogP contribution is 2.45. The molecule has 42 heavy (non-hydrogen) atoms. The van der Waals surface area contributed by atoms with E-state index in [2.05, 4.69) is 4.98 Å². The molecule has 0 aliphatic carbocycles. The zero-order valence-electron chi connectivity index (χ0n) is 22.9. The predicted octanol–water partition coefficient (Wildman–Crippen LogP) is 5.16. The van der Waals surface area contributed by atoms with E-state index in [4.69, 9.17) is 14.2 Å². The molecule has 2 N–H and O–H groups in total. The summed E-state index contributed by atoms with van der Waals surface area (Å²) in [5.41, 5.74) is 1.75. The van der Waals surface area contributed by atoms with Gasteiger partial charge >= 0.3 is 11.9 Å². The van der Waals surface area contributed by atoms with Crippen molar-refractivity contribution in [3.8, 4) is 17.2 Å². The number of aliphatic hydroxyl groups excluding tert-OH is 1. The summed E-state index contributed by atoms with van der Waals surface area (Å²) >= 11 is 0.888. The first-order valence-corrected chi connectivity index (χ1v) is 13.6. The van der Waals surface area contributed by atoms with Gasteiger partial charge in [-0.3, -0.25) is 14.5 Å². The number of carbonyl (C=O) groups excluding carboxylic acids is 3. The third-order valence-electron chi connectivity index (χ3n) is 6.70. The average molecular weight is 587 g/mol. The van der Waals surface area contributed by atoms with Crippen molar-refractivity contribution in [2.45, 2.75) is 19.6 Å². The van der Waals surface area contributed by atoms with Crippen LogP contribution < -0.4 is 14.4 Å². The molecule has 1 fully saturated rings. The van der Waals surface area contributed by atoms with E-state index in [1.807, 2.05) is 30.3 Å². The van der Waals surface area contributed by atoms with Gasteiger partial charge in [0.25, 0.3) is 5.78 Å². The number of anilines is 1. The number of methoxy groups -OCH3 is 2. The van der Waals surface area contributed by atoms with E-state index in [1.165, 1.54) is 32.4 Å². The molecular weight excluding hydrogens is 560 g/mol. The lowest BCUT2D eigenvalue weighted by Crippen LogP contribution is -2.29. The lowest BCUT2D eigenvalue weighted by Gasteiger charge is -2.23.